The number of alkyl halides is 3. The predicted molar refractivity (Wildman–Crippen MR) is 107 cm³/mol. The summed E-state index contributed by atoms with van der Waals surface area (Å²) < 4.78 is 41.1. The van der Waals surface area contributed by atoms with Crippen LogP contribution in [-0.2, 0) is 11.0 Å². The topological polar surface area (TPSA) is 126 Å². The highest BCUT2D eigenvalue weighted by Crippen LogP contribution is 2.37. The van der Waals surface area contributed by atoms with E-state index in [0.29, 0.717) is 11.8 Å². The monoisotopic (exact) mass is 447 g/mol. The van der Waals surface area contributed by atoms with Crippen molar-refractivity contribution in [3.63, 3.8) is 0 Å². The van der Waals surface area contributed by atoms with Crippen molar-refractivity contribution in [3.05, 3.63) is 65.7 Å². The van der Waals surface area contributed by atoms with E-state index in [-0.39, 0.29) is 16.8 Å². The summed E-state index contributed by atoms with van der Waals surface area (Å²) in [6.45, 7) is 1.16. The molecule has 3 aromatic rings. The first-order chi connectivity index (χ1) is 15.0. The Balaban J connectivity index is 1.81. The number of ketones is 1. The molecule has 0 saturated heterocycles. The number of carbonyl (C=O) groups is 3. The van der Waals surface area contributed by atoms with Crippen LogP contribution >= 0.6 is 0 Å². The third-order valence-electron chi connectivity index (χ3n) is 4.36. The second kappa shape index (κ2) is 8.88. The molecule has 1 aromatic heterocycles. The lowest BCUT2D eigenvalue weighted by molar-refractivity contribution is -0.138. The summed E-state index contributed by atoms with van der Waals surface area (Å²) in [4.78, 5) is 39.7. The van der Waals surface area contributed by atoms with Gasteiger partial charge in [0.2, 0.25) is 5.91 Å². The Labute approximate surface area is 178 Å². The van der Waals surface area contributed by atoms with Gasteiger partial charge in [0.25, 0.3) is 0 Å². The highest BCUT2D eigenvalue weighted by molar-refractivity contribution is 6.12. The van der Waals surface area contributed by atoms with Gasteiger partial charge in [-0.25, -0.2) is 14.5 Å². The Bertz CT molecular complexity index is 1180. The molecule has 12 heteroatoms. The zero-order valence-corrected chi connectivity index (χ0v) is 16.5. The number of nitrogens with one attached hydrogen (secondary N) is 2. The molecular weight excluding hydrogens is 431 g/mol. The molecule has 3 rings (SSSR count). The number of aryl methyl sites for hydroxylation is 1. The molecule has 0 aliphatic heterocycles. The van der Waals surface area contributed by atoms with Gasteiger partial charge in [-0.2, -0.15) is 18.3 Å². The van der Waals surface area contributed by atoms with Crippen LogP contribution in [0, 0.1) is 6.92 Å². The van der Waals surface area contributed by atoms with Gasteiger partial charge in [-0.05, 0) is 36.8 Å². The van der Waals surface area contributed by atoms with E-state index in [1.54, 1.807) is 12.1 Å². The van der Waals surface area contributed by atoms with Crippen LogP contribution in [0.4, 0.5) is 29.3 Å². The van der Waals surface area contributed by atoms with Crippen LogP contribution in [-0.4, -0.2) is 37.7 Å². The molecule has 32 heavy (non-hydrogen) atoms. The van der Waals surface area contributed by atoms with Crippen molar-refractivity contribution in [2.75, 3.05) is 10.6 Å². The Morgan fingerprint density at radius 2 is 1.81 bits per heavy atom. The van der Waals surface area contributed by atoms with Crippen molar-refractivity contribution in [1.82, 2.24) is 14.8 Å². The maximum Gasteiger partial charge on any atom is 0.416 e. The Kier molecular flexibility index (Phi) is 6.23. The smallest absolute Gasteiger partial charge is 0.416 e. The van der Waals surface area contributed by atoms with Crippen LogP contribution in [0.25, 0.3) is 5.69 Å². The van der Waals surface area contributed by atoms with Gasteiger partial charge < -0.3 is 10.4 Å². The zero-order chi connectivity index (χ0) is 23.5. The van der Waals surface area contributed by atoms with Crippen molar-refractivity contribution >= 4 is 29.2 Å². The van der Waals surface area contributed by atoms with Gasteiger partial charge in [-0.15, -0.1) is 0 Å². The number of benzene rings is 2. The van der Waals surface area contributed by atoms with Crippen LogP contribution in [0.15, 0.2) is 49.1 Å². The first kappa shape index (κ1) is 22.5. The third-order valence-corrected chi connectivity index (χ3v) is 4.36. The molecule has 9 nitrogen and oxygen atoms in total. The molecule has 0 aliphatic rings. The van der Waals surface area contributed by atoms with Gasteiger partial charge in [0.05, 0.1) is 29.0 Å². The predicted octanol–water partition coefficient (Wildman–Crippen LogP) is 3.90. The second-order valence-electron chi connectivity index (χ2n) is 6.68. The molecule has 2 amide bonds. The van der Waals surface area contributed by atoms with Gasteiger partial charge in [0.15, 0.2) is 5.78 Å². The maximum atomic E-state index is 13.2. The van der Waals surface area contributed by atoms with Crippen LogP contribution in [0.5, 0.6) is 0 Å². The minimum Gasteiger partial charge on any atom is -0.465 e. The molecule has 0 bridgehead atoms. The summed E-state index contributed by atoms with van der Waals surface area (Å²) in [6, 6.07) is 7.77. The number of carboxylic acid groups (broad SMARTS) is 1. The van der Waals surface area contributed by atoms with E-state index in [1.165, 1.54) is 29.5 Å². The summed E-state index contributed by atoms with van der Waals surface area (Å²) in [5, 5.41) is 17.0. The first-order valence-electron chi connectivity index (χ1n) is 9.04. The van der Waals surface area contributed by atoms with Gasteiger partial charge in [-0.1, -0.05) is 12.1 Å². The van der Waals surface area contributed by atoms with Crippen molar-refractivity contribution in [3.8, 4) is 5.69 Å². The average Bonchev–Trinajstić information content (AvgIpc) is 3.23. The summed E-state index contributed by atoms with van der Waals surface area (Å²) in [7, 11) is 0. The number of hydrogen-bond donors (Lipinski definition) is 3. The number of rotatable bonds is 6. The molecule has 0 spiro atoms. The lowest BCUT2D eigenvalue weighted by atomic mass is 10.0. The second-order valence-corrected chi connectivity index (χ2v) is 6.68. The fourth-order valence-corrected chi connectivity index (χ4v) is 2.94. The van der Waals surface area contributed by atoms with Gasteiger partial charge in [-0.3, -0.25) is 14.9 Å². The van der Waals surface area contributed by atoms with E-state index in [2.05, 4.69) is 15.4 Å². The van der Waals surface area contributed by atoms with E-state index < -0.39 is 41.6 Å². The fraction of sp³-hybridized carbons (Fsp3) is 0.150. The molecule has 0 atom stereocenters. The largest absolute Gasteiger partial charge is 0.465 e. The van der Waals surface area contributed by atoms with Crippen molar-refractivity contribution < 1.29 is 32.7 Å². The van der Waals surface area contributed by atoms with Crippen LogP contribution in [0.1, 0.15) is 27.9 Å². The Hall–Kier alpha value is -4.22. The number of aromatic nitrogens is 3. The molecule has 0 unspecified atom stereocenters. The summed E-state index contributed by atoms with van der Waals surface area (Å²) in [6.07, 6.45) is -4.20. The lowest BCUT2D eigenvalue weighted by Gasteiger charge is -2.17. The number of carbonyl (C=O) groups excluding carboxylic acids is 2. The van der Waals surface area contributed by atoms with E-state index in [4.69, 9.17) is 5.11 Å². The zero-order valence-electron chi connectivity index (χ0n) is 16.5. The van der Waals surface area contributed by atoms with Crippen molar-refractivity contribution in [1.29, 1.82) is 0 Å². The summed E-state index contributed by atoms with van der Waals surface area (Å²) in [5.41, 5.74) is -1.25. The number of halogens is 3. The maximum absolute atomic E-state index is 13.2. The van der Waals surface area contributed by atoms with Crippen LogP contribution in [0.2, 0.25) is 0 Å². The van der Waals surface area contributed by atoms with Crippen LogP contribution < -0.4 is 10.6 Å². The number of Topliss-reactive ketones (excluding diaryl/α,β-unsaturated/α-hetero) is 1. The first-order valence-corrected chi connectivity index (χ1v) is 9.04. The Morgan fingerprint density at radius 3 is 2.44 bits per heavy atom. The van der Waals surface area contributed by atoms with Crippen molar-refractivity contribution in [2.24, 2.45) is 0 Å². The third kappa shape index (κ3) is 5.28. The van der Waals surface area contributed by atoms with E-state index in [0.717, 1.165) is 13.0 Å². The molecule has 1 heterocycles. The standard InChI is InChI=1S/C20H16F3N5O4/c1-11-5-15(27-19(31)32)16(7-14(11)20(21,22)23)26-18(30)8-17(29)12-3-2-4-13(6-12)28-10-24-9-25-28/h2-7,9-10,27H,8H2,1H3,(H,26,30)(H,31,32). The summed E-state index contributed by atoms with van der Waals surface area (Å²) in [5.74, 6) is -1.51. The lowest BCUT2D eigenvalue weighted by Crippen LogP contribution is -2.20. The minimum atomic E-state index is -4.72. The van der Waals surface area contributed by atoms with Crippen LogP contribution in [0.3, 0.4) is 0 Å². The molecule has 0 radical (unpaired) electrons. The fourth-order valence-electron chi connectivity index (χ4n) is 2.94. The summed E-state index contributed by atoms with van der Waals surface area (Å²) >= 11 is 0. The number of nitrogens with zero attached hydrogens (tertiary/aromatic N) is 3. The molecule has 2 aromatic carbocycles. The molecular formula is C20H16F3N5O4. The Morgan fingerprint density at radius 1 is 1.09 bits per heavy atom. The molecule has 0 fully saturated rings. The van der Waals surface area contributed by atoms with Gasteiger partial charge in [0, 0.05) is 5.56 Å². The van der Waals surface area contributed by atoms with Crippen molar-refractivity contribution in [2.45, 2.75) is 19.5 Å². The highest BCUT2D eigenvalue weighted by atomic mass is 19.4. The van der Waals surface area contributed by atoms with Gasteiger partial charge >= 0.3 is 12.3 Å². The average molecular weight is 447 g/mol. The molecule has 0 saturated carbocycles. The number of anilines is 2. The molecule has 3 N–H and O–H groups in total. The minimum absolute atomic E-state index is 0.178. The number of amides is 2. The van der Waals surface area contributed by atoms with E-state index >= 15 is 0 Å². The van der Waals surface area contributed by atoms with E-state index in [1.807, 2.05) is 5.32 Å². The molecule has 0 aliphatic carbocycles. The molecule has 166 valence electrons. The SMILES string of the molecule is Cc1cc(NC(=O)O)c(NC(=O)CC(=O)c2cccc(-n3cncn3)c2)cc1C(F)(F)F. The number of hydrogen-bond acceptors (Lipinski definition) is 5. The van der Waals surface area contributed by atoms with Gasteiger partial charge in [0.1, 0.15) is 12.7 Å². The van der Waals surface area contributed by atoms with E-state index in [9.17, 15) is 27.6 Å². The normalized spacial score (nSPS) is 11.1. The quantitative estimate of drug-likeness (QED) is 0.389. The highest BCUT2D eigenvalue weighted by Gasteiger charge is 2.33.